The Morgan fingerprint density at radius 3 is 2.54 bits per heavy atom. The summed E-state index contributed by atoms with van der Waals surface area (Å²) in [5.74, 6) is -0.950. The third-order valence-corrected chi connectivity index (χ3v) is 4.45. The summed E-state index contributed by atoms with van der Waals surface area (Å²) in [6.07, 6.45) is 0. The summed E-state index contributed by atoms with van der Waals surface area (Å²) < 4.78 is 35.5. The van der Waals surface area contributed by atoms with Crippen molar-refractivity contribution in [3.63, 3.8) is 0 Å². The zero-order chi connectivity index (χ0) is 17.7. The van der Waals surface area contributed by atoms with Gasteiger partial charge in [-0.05, 0) is 44.2 Å². The van der Waals surface area contributed by atoms with Crippen LogP contribution in [0.5, 0.6) is 5.75 Å². The number of anilines is 1. The van der Waals surface area contributed by atoms with Crippen molar-refractivity contribution in [3.05, 3.63) is 52.0 Å². The number of rotatable bonds is 7. The van der Waals surface area contributed by atoms with E-state index in [0.29, 0.717) is 23.1 Å². The monoisotopic (exact) mass is 392 g/mol. The van der Waals surface area contributed by atoms with Crippen molar-refractivity contribution in [2.24, 2.45) is 0 Å². The Kier molecular flexibility index (Phi) is 6.98. The predicted molar refractivity (Wildman–Crippen MR) is 96.3 cm³/mol. The van der Waals surface area contributed by atoms with Crippen LogP contribution in [-0.4, -0.2) is 32.1 Å². The van der Waals surface area contributed by atoms with Crippen molar-refractivity contribution in [3.8, 4) is 5.75 Å². The summed E-state index contributed by atoms with van der Waals surface area (Å²) in [5, 5.41) is 0.352. The molecule has 1 N–H and O–H groups in total. The van der Waals surface area contributed by atoms with E-state index in [0.717, 1.165) is 24.6 Å². The van der Waals surface area contributed by atoms with Crippen LogP contribution in [0.3, 0.4) is 0 Å². The molecule has 3 nitrogen and oxygen atoms in total. The molecular weight excluding hydrogens is 377 g/mol. The first kappa shape index (κ1) is 19.1. The molecule has 0 fully saturated rings. The first-order valence-electron chi connectivity index (χ1n) is 7.01. The highest BCUT2D eigenvalue weighted by molar-refractivity contribution is 8.00. The maximum atomic E-state index is 13.7. The van der Waals surface area contributed by atoms with E-state index in [1.54, 1.807) is 18.2 Å². The fourth-order valence-electron chi connectivity index (χ4n) is 1.71. The molecule has 8 heteroatoms. The number of halogens is 4. The Balaban J connectivity index is 2.04. The van der Waals surface area contributed by atoms with Crippen molar-refractivity contribution < 1.29 is 13.5 Å². The molecule has 0 saturated carbocycles. The van der Waals surface area contributed by atoms with Crippen LogP contribution in [0.1, 0.15) is 0 Å². The van der Waals surface area contributed by atoms with Gasteiger partial charge in [0.05, 0.1) is 14.9 Å². The molecule has 0 heterocycles. The molecule has 0 aliphatic rings. The zero-order valence-corrected chi connectivity index (χ0v) is 15.4. The van der Waals surface area contributed by atoms with E-state index in [1.165, 1.54) is 6.07 Å². The average Bonchev–Trinajstić information content (AvgIpc) is 2.52. The molecule has 0 aliphatic carbocycles. The quantitative estimate of drug-likeness (QED) is 0.508. The lowest BCUT2D eigenvalue weighted by Gasteiger charge is -2.13. The number of hydrogen-bond donors (Lipinski definition) is 1. The maximum Gasteiger partial charge on any atom is 0.144 e. The second kappa shape index (κ2) is 8.76. The lowest BCUT2D eigenvalue weighted by Crippen LogP contribution is -2.19. The molecule has 2 aromatic carbocycles. The van der Waals surface area contributed by atoms with Gasteiger partial charge in [-0.1, -0.05) is 23.2 Å². The molecule has 24 heavy (non-hydrogen) atoms. The van der Waals surface area contributed by atoms with Gasteiger partial charge in [0, 0.05) is 24.4 Å². The van der Waals surface area contributed by atoms with Crippen LogP contribution in [0.15, 0.2) is 35.2 Å². The lowest BCUT2D eigenvalue weighted by atomic mass is 10.3. The Labute approximate surface area is 154 Å². The highest BCUT2D eigenvalue weighted by Crippen LogP contribution is 2.32. The van der Waals surface area contributed by atoms with Crippen molar-refractivity contribution in [1.29, 1.82) is 0 Å². The number of hydrogen-bond acceptors (Lipinski definition) is 4. The molecule has 130 valence electrons. The normalized spacial score (nSPS) is 11.0. The fourth-order valence-corrected chi connectivity index (χ4v) is 2.80. The number of benzene rings is 2. The van der Waals surface area contributed by atoms with E-state index in [-0.39, 0.29) is 9.92 Å². The molecule has 0 atom stereocenters. The standard InChI is InChI=1S/C16H16Cl2F2N2OS/c1-22(2)5-6-23-15-7-10(3-4-11(15)17)21-24-16-8-12(18)13(19)9-14(16)20/h3-4,7-9,21H,5-6H2,1-2H3. The topological polar surface area (TPSA) is 24.5 Å². The van der Waals surface area contributed by atoms with Crippen LogP contribution >= 0.6 is 35.1 Å². The molecular formula is C16H16Cl2F2N2OS. The van der Waals surface area contributed by atoms with Gasteiger partial charge in [0.25, 0.3) is 0 Å². The molecule has 2 rings (SSSR count). The van der Waals surface area contributed by atoms with E-state index in [2.05, 4.69) is 4.72 Å². The second-order valence-corrected chi connectivity index (χ2v) is 6.86. The van der Waals surface area contributed by atoms with Crippen LogP contribution < -0.4 is 9.46 Å². The minimum atomic E-state index is -0.790. The molecule has 0 unspecified atom stereocenters. The molecule has 0 saturated heterocycles. The summed E-state index contributed by atoms with van der Waals surface area (Å²) >= 11 is 12.8. The minimum absolute atomic E-state index is 0.135. The first-order valence-corrected chi connectivity index (χ1v) is 8.58. The number of likely N-dealkylation sites (N-methyl/N-ethyl adjacent to an activating group) is 1. The maximum absolute atomic E-state index is 13.7. The number of ether oxygens (including phenoxy) is 1. The molecule has 0 radical (unpaired) electrons. The van der Waals surface area contributed by atoms with Gasteiger partial charge in [0.1, 0.15) is 24.0 Å². The third kappa shape index (κ3) is 5.41. The molecule has 0 aliphatic heterocycles. The minimum Gasteiger partial charge on any atom is -0.491 e. The number of nitrogens with one attached hydrogen (secondary N) is 1. The molecule has 0 bridgehead atoms. The van der Waals surface area contributed by atoms with Crippen molar-refractivity contribution in [2.45, 2.75) is 4.90 Å². The molecule has 0 amide bonds. The van der Waals surface area contributed by atoms with Crippen LogP contribution in [0.2, 0.25) is 10.0 Å². The smallest absolute Gasteiger partial charge is 0.144 e. The van der Waals surface area contributed by atoms with Crippen LogP contribution in [-0.2, 0) is 0 Å². The summed E-state index contributed by atoms with van der Waals surface area (Å²) in [6.45, 7) is 1.24. The summed E-state index contributed by atoms with van der Waals surface area (Å²) in [5.41, 5.74) is 0.670. The summed E-state index contributed by atoms with van der Waals surface area (Å²) in [7, 11) is 3.89. The van der Waals surface area contributed by atoms with Gasteiger partial charge in [-0.25, -0.2) is 8.78 Å². The fraction of sp³-hybridized carbons (Fsp3) is 0.250. The van der Waals surface area contributed by atoms with Crippen molar-refractivity contribution in [2.75, 3.05) is 32.0 Å². The predicted octanol–water partition coefficient (Wildman–Crippen LogP) is 5.33. The van der Waals surface area contributed by atoms with Crippen molar-refractivity contribution >= 4 is 40.8 Å². The molecule has 0 spiro atoms. The zero-order valence-electron chi connectivity index (χ0n) is 13.1. The van der Waals surface area contributed by atoms with E-state index in [1.807, 2.05) is 19.0 Å². The molecule has 0 aromatic heterocycles. The van der Waals surface area contributed by atoms with Gasteiger partial charge >= 0.3 is 0 Å². The van der Waals surface area contributed by atoms with Crippen molar-refractivity contribution in [1.82, 2.24) is 4.90 Å². The van der Waals surface area contributed by atoms with Gasteiger partial charge in [-0.2, -0.15) is 0 Å². The van der Waals surface area contributed by atoms with Gasteiger partial charge in [0.2, 0.25) is 0 Å². The van der Waals surface area contributed by atoms with Gasteiger partial charge in [0.15, 0.2) is 0 Å². The van der Waals surface area contributed by atoms with Crippen LogP contribution in [0.4, 0.5) is 14.5 Å². The Morgan fingerprint density at radius 2 is 1.83 bits per heavy atom. The first-order chi connectivity index (χ1) is 11.4. The second-order valence-electron chi connectivity index (χ2n) is 5.20. The number of nitrogens with zero attached hydrogens (tertiary/aromatic N) is 1. The van der Waals surface area contributed by atoms with Crippen LogP contribution in [0, 0.1) is 11.6 Å². The highest BCUT2D eigenvalue weighted by atomic mass is 35.5. The average molecular weight is 393 g/mol. The molecule has 2 aromatic rings. The Hall–Kier alpha value is -1.21. The third-order valence-electron chi connectivity index (χ3n) is 2.98. The van der Waals surface area contributed by atoms with Gasteiger partial charge in [-0.3, -0.25) is 0 Å². The Bertz CT molecular complexity index is 717. The highest BCUT2D eigenvalue weighted by Gasteiger charge is 2.10. The van der Waals surface area contributed by atoms with Gasteiger partial charge < -0.3 is 14.4 Å². The van der Waals surface area contributed by atoms with Crippen LogP contribution in [0.25, 0.3) is 0 Å². The SMILES string of the molecule is CN(C)CCOc1cc(NSc2cc(Cl)c(F)cc2F)ccc1Cl. The van der Waals surface area contributed by atoms with E-state index in [9.17, 15) is 8.78 Å². The lowest BCUT2D eigenvalue weighted by molar-refractivity contribution is 0.261. The van der Waals surface area contributed by atoms with Gasteiger partial charge in [-0.15, -0.1) is 0 Å². The summed E-state index contributed by atoms with van der Waals surface area (Å²) in [6, 6.07) is 7.12. The largest absolute Gasteiger partial charge is 0.491 e. The van der Waals surface area contributed by atoms with E-state index in [4.69, 9.17) is 27.9 Å². The van der Waals surface area contributed by atoms with E-state index < -0.39 is 11.6 Å². The van der Waals surface area contributed by atoms with E-state index >= 15 is 0 Å². The Morgan fingerprint density at radius 1 is 1.08 bits per heavy atom. The summed E-state index contributed by atoms with van der Waals surface area (Å²) in [4.78, 5) is 2.18.